The molecule has 1 amide bonds. The number of carbonyl (C=O) groups excluding carboxylic acids is 2. The van der Waals surface area contributed by atoms with Gasteiger partial charge in [-0.15, -0.1) is 29.3 Å². The quantitative estimate of drug-likeness (QED) is 0.704. The monoisotopic (exact) mass is 399 g/mol. The molecule has 2 fully saturated rings. The van der Waals surface area contributed by atoms with Crippen LogP contribution in [0.5, 0.6) is 0 Å². The van der Waals surface area contributed by atoms with E-state index in [2.05, 4.69) is 29.5 Å². The Morgan fingerprint density at radius 1 is 1.19 bits per heavy atom. The molecular weight excluding hydrogens is 374 g/mol. The molecular formula is C22H25NO2S2. The van der Waals surface area contributed by atoms with Crippen molar-refractivity contribution in [3.8, 4) is 0 Å². The number of hydrogen-bond donors (Lipinski definition) is 0. The maximum absolute atomic E-state index is 12.0. The lowest BCUT2D eigenvalue weighted by atomic mass is 9.73. The second-order valence-corrected chi connectivity index (χ2v) is 9.54. The fourth-order valence-electron chi connectivity index (χ4n) is 4.33. The van der Waals surface area contributed by atoms with Crippen LogP contribution >= 0.6 is 22.7 Å². The van der Waals surface area contributed by atoms with E-state index in [-0.39, 0.29) is 5.91 Å². The van der Waals surface area contributed by atoms with Gasteiger partial charge in [-0.2, -0.15) is 0 Å². The van der Waals surface area contributed by atoms with Crippen molar-refractivity contribution < 1.29 is 9.59 Å². The lowest BCUT2D eigenvalue weighted by Gasteiger charge is -2.28. The highest BCUT2D eigenvalue weighted by Crippen LogP contribution is 2.50. The number of carbonyl (C=O) groups is 2. The summed E-state index contributed by atoms with van der Waals surface area (Å²) in [6.45, 7) is 5.63. The third-order valence-corrected chi connectivity index (χ3v) is 7.76. The summed E-state index contributed by atoms with van der Waals surface area (Å²) in [6.07, 6.45) is 7.67. The van der Waals surface area contributed by atoms with Crippen molar-refractivity contribution in [2.75, 3.05) is 13.1 Å². The van der Waals surface area contributed by atoms with Gasteiger partial charge in [0.2, 0.25) is 5.91 Å². The molecule has 27 heavy (non-hydrogen) atoms. The molecule has 2 atom stereocenters. The van der Waals surface area contributed by atoms with Crippen LogP contribution in [0, 0.1) is 5.92 Å². The Bertz CT molecular complexity index is 844. The van der Waals surface area contributed by atoms with E-state index in [1.54, 1.807) is 11.3 Å². The lowest BCUT2D eigenvalue weighted by molar-refractivity contribution is -0.129. The van der Waals surface area contributed by atoms with Crippen molar-refractivity contribution >= 4 is 34.4 Å². The van der Waals surface area contributed by atoms with Crippen LogP contribution in [-0.4, -0.2) is 29.7 Å². The minimum Gasteiger partial charge on any atom is -0.342 e. The highest BCUT2D eigenvalue weighted by Gasteiger charge is 2.46. The summed E-state index contributed by atoms with van der Waals surface area (Å²) in [5, 5.41) is 4.16. The number of fused-ring (bicyclic) bond motifs is 3. The van der Waals surface area contributed by atoms with E-state index in [1.165, 1.54) is 27.3 Å². The van der Waals surface area contributed by atoms with Gasteiger partial charge in [-0.1, -0.05) is 6.08 Å². The number of ketones is 1. The summed E-state index contributed by atoms with van der Waals surface area (Å²) in [7, 11) is 0. The molecule has 0 N–H and O–H groups in total. The van der Waals surface area contributed by atoms with Crippen LogP contribution in [0.1, 0.15) is 46.1 Å². The van der Waals surface area contributed by atoms with Gasteiger partial charge in [-0.05, 0) is 65.6 Å². The van der Waals surface area contributed by atoms with E-state index >= 15 is 0 Å². The Morgan fingerprint density at radius 2 is 1.96 bits per heavy atom. The fraction of sp³-hybridized carbons (Fsp3) is 0.455. The number of amides is 1. The first-order chi connectivity index (χ1) is 13.2. The van der Waals surface area contributed by atoms with E-state index in [1.807, 2.05) is 22.3 Å². The Kier molecular flexibility index (Phi) is 5.60. The first-order valence-corrected chi connectivity index (χ1v) is 11.5. The van der Waals surface area contributed by atoms with Crippen molar-refractivity contribution in [2.24, 2.45) is 5.92 Å². The fourth-order valence-corrected chi connectivity index (χ4v) is 6.25. The van der Waals surface area contributed by atoms with Crippen LogP contribution in [-0.2, 0) is 28.9 Å². The zero-order chi connectivity index (χ0) is 18.8. The highest BCUT2D eigenvalue weighted by molar-refractivity contribution is 7.10. The SMILES string of the molecule is C=CCc1sccc1CC(=O)N1CCCC1.O=C1CC2Cc3sccc3C12. The number of thiophene rings is 2. The van der Waals surface area contributed by atoms with Crippen molar-refractivity contribution in [3.05, 3.63) is 56.4 Å². The number of allylic oxidation sites excluding steroid dienone is 1. The normalized spacial score (nSPS) is 22.5. The first kappa shape index (κ1) is 18.6. The van der Waals surface area contributed by atoms with Gasteiger partial charge in [0.25, 0.3) is 0 Å². The maximum Gasteiger partial charge on any atom is 0.227 e. The molecule has 0 bridgehead atoms. The van der Waals surface area contributed by atoms with Gasteiger partial charge in [0.15, 0.2) is 0 Å². The number of nitrogens with zero attached hydrogens (tertiary/aromatic N) is 1. The number of rotatable bonds is 4. The number of likely N-dealkylation sites (tertiary alicyclic amines) is 1. The molecule has 1 saturated carbocycles. The molecule has 0 radical (unpaired) electrons. The molecule has 5 heteroatoms. The molecule has 2 aromatic rings. The molecule has 2 aromatic heterocycles. The van der Waals surface area contributed by atoms with Gasteiger partial charge in [-0.25, -0.2) is 0 Å². The van der Waals surface area contributed by atoms with Crippen molar-refractivity contribution in [1.29, 1.82) is 0 Å². The van der Waals surface area contributed by atoms with Crippen LogP contribution in [0.15, 0.2) is 35.5 Å². The zero-order valence-corrected chi connectivity index (χ0v) is 17.1. The van der Waals surface area contributed by atoms with E-state index in [9.17, 15) is 9.59 Å². The van der Waals surface area contributed by atoms with Gasteiger partial charge in [0.1, 0.15) is 5.78 Å². The van der Waals surface area contributed by atoms with Gasteiger partial charge >= 0.3 is 0 Å². The second-order valence-electron chi connectivity index (χ2n) is 7.54. The summed E-state index contributed by atoms with van der Waals surface area (Å²) in [6, 6.07) is 4.19. The zero-order valence-electron chi connectivity index (χ0n) is 15.5. The second kappa shape index (κ2) is 8.11. The molecule has 3 heterocycles. The predicted molar refractivity (Wildman–Crippen MR) is 112 cm³/mol. The largest absolute Gasteiger partial charge is 0.342 e. The summed E-state index contributed by atoms with van der Waals surface area (Å²) in [5.41, 5.74) is 2.53. The molecule has 0 aromatic carbocycles. The average Bonchev–Trinajstić information content (AvgIpc) is 3.40. The van der Waals surface area contributed by atoms with E-state index < -0.39 is 0 Å². The van der Waals surface area contributed by atoms with Crippen LogP contribution in [0.3, 0.4) is 0 Å². The molecule has 3 aliphatic rings. The smallest absolute Gasteiger partial charge is 0.227 e. The predicted octanol–water partition coefficient (Wildman–Crippen LogP) is 4.62. The molecule has 5 rings (SSSR count). The summed E-state index contributed by atoms with van der Waals surface area (Å²) in [4.78, 5) is 27.9. The molecule has 142 valence electrons. The van der Waals surface area contributed by atoms with E-state index in [4.69, 9.17) is 0 Å². The van der Waals surface area contributed by atoms with E-state index in [0.717, 1.165) is 38.8 Å². The molecule has 3 nitrogen and oxygen atoms in total. The molecule has 1 aliphatic heterocycles. The third kappa shape index (κ3) is 3.81. The van der Waals surface area contributed by atoms with E-state index in [0.29, 0.717) is 24.0 Å². The summed E-state index contributed by atoms with van der Waals surface area (Å²) in [5.74, 6) is 1.74. The molecule has 0 spiro atoms. The minimum absolute atomic E-state index is 0.279. The summed E-state index contributed by atoms with van der Waals surface area (Å²) >= 11 is 3.53. The summed E-state index contributed by atoms with van der Waals surface area (Å²) < 4.78 is 0. The van der Waals surface area contributed by atoms with Crippen LogP contribution in [0.4, 0.5) is 0 Å². The van der Waals surface area contributed by atoms with Crippen LogP contribution in [0.25, 0.3) is 0 Å². The van der Waals surface area contributed by atoms with Gasteiger partial charge in [0, 0.05) is 35.2 Å². The van der Waals surface area contributed by atoms with Gasteiger partial charge in [-0.3, -0.25) is 9.59 Å². The Hall–Kier alpha value is -1.72. The lowest BCUT2D eigenvalue weighted by Crippen LogP contribution is -2.31. The third-order valence-electron chi connectivity index (χ3n) is 5.81. The van der Waals surface area contributed by atoms with Crippen molar-refractivity contribution in [1.82, 2.24) is 4.90 Å². The van der Waals surface area contributed by atoms with Crippen molar-refractivity contribution in [2.45, 2.75) is 44.4 Å². The van der Waals surface area contributed by atoms with Gasteiger partial charge in [0.05, 0.1) is 6.42 Å². The Labute approximate surface area is 168 Å². The molecule has 1 saturated heterocycles. The molecule has 2 unspecified atom stereocenters. The molecule has 2 aliphatic carbocycles. The van der Waals surface area contributed by atoms with Gasteiger partial charge < -0.3 is 4.90 Å². The first-order valence-electron chi connectivity index (χ1n) is 9.70. The van der Waals surface area contributed by atoms with Crippen LogP contribution in [0.2, 0.25) is 0 Å². The number of Topliss-reactive ketones (excluding diaryl/α,β-unsaturated/α-hetero) is 1. The number of hydrogen-bond acceptors (Lipinski definition) is 4. The maximum atomic E-state index is 12.0. The topological polar surface area (TPSA) is 37.4 Å². The standard InChI is InChI=1S/C13H17NOS.C9H8OS/c1-2-5-12-11(6-9-16-12)10-13(15)14-7-3-4-8-14;10-7-3-5-4-8-6(9(5)7)1-2-11-8/h2,6,9H,1,3-5,7-8,10H2;1-2,5,9H,3-4H2. The Balaban J connectivity index is 0.000000141. The average molecular weight is 400 g/mol. The highest BCUT2D eigenvalue weighted by atomic mass is 32.1. The Morgan fingerprint density at radius 3 is 2.70 bits per heavy atom. The van der Waals surface area contributed by atoms with Crippen molar-refractivity contribution in [3.63, 3.8) is 0 Å². The van der Waals surface area contributed by atoms with Crippen LogP contribution < -0.4 is 0 Å². The minimum atomic E-state index is 0.279.